The fourth-order valence-electron chi connectivity index (χ4n) is 2.98. The van der Waals surface area contributed by atoms with Crippen molar-refractivity contribution in [3.05, 3.63) is 36.2 Å². The Kier molecular flexibility index (Phi) is 4.32. The highest BCUT2D eigenvalue weighted by atomic mass is 16.5. The standard InChI is InChI=1S/C15H19N5O2/c1-22-14-7-3-2-5-12(14)9-13-6-4-8-20(13)15(21)10-19-11-16-17-18-19/h2-3,5,7,11,13H,4,6,8-10H2,1H3/t13-/m1/s1. The molecule has 1 saturated heterocycles. The number of carbonyl (C=O) groups excluding carboxylic acids is 1. The second-order valence-corrected chi connectivity index (χ2v) is 5.41. The maximum Gasteiger partial charge on any atom is 0.244 e. The Morgan fingerprint density at radius 3 is 3.05 bits per heavy atom. The lowest BCUT2D eigenvalue weighted by Crippen LogP contribution is -2.39. The SMILES string of the molecule is COc1ccccc1C[C@H]1CCCN1C(=O)Cn1cnnn1. The molecular formula is C15H19N5O2. The number of methoxy groups -OCH3 is 1. The van der Waals surface area contributed by atoms with Crippen molar-refractivity contribution in [1.82, 2.24) is 25.1 Å². The fourth-order valence-corrected chi connectivity index (χ4v) is 2.98. The van der Waals surface area contributed by atoms with Crippen LogP contribution in [0.5, 0.6) is 5.75 Å². The molecule has 1 fully saturated rings. The molecule has 0 saturated carbocycles. The Morgan fingerprint density at radius 2 is 2.27 bits per heavy atom. The van der Waals surface area contributed by atoms with E-state index in [4.69, 9.17) is 4.74 Å². The third-order valence-electron chi connectivity index (χ3n) is 4.03. The minimum Gasteiger partial charge on any atom is -0.496 e. The number of carbonyl (C=O) groups is 1. The van der Waals surface area contributed by atoms with Crippen molar-refractivity contribution < 1.29 is 9.53 Å². The van der Waals surface area contributed by atoms with Gasteiger partial charge in [-0.25, -0.2) is 4.68 Å². The zero-order chi connectivity index (χ0) is 15.4. The highest BCUT2D eigenvalue weighted by molar-refractivity contribution is 5.76. The Hall–Kier alpha value is -2.44. The monoisotopic (exact) mass is 301 g/mol. The van der Waals surface area contributed by atoms with Crippen molar-refractivity contribution in [2.45, 2.75) is 31.8 Å². The normalized spacial score (nSPS) is 17.7. The molecule has 0 spiro atoms. The lowest BCUT2D eigenvalue weighted by Gasteiger charge is -2.25. The molecule has 1 atom stereocenters. The molecule has 1 aliphatic heterocycles. The van der Waals surface area contributed by atoms with Gasteiger partial charge >= 0.3 is 0 Å². The van der Waals surface area contributed by atoms with E-state index in [9.17, 15) is 4.79 Å². The van der Waals surface area contributed by atoms with E-state index in [2.05, 4.69) is 21.6 Å². The van der Waals surface area contributed by atoms with Crippen molar-refractivity contribution in [3.8, 4) is 5.75 Å². The van der Waals surface area contributed by atoms with Gasteiger partial charge in [-0.05, 0) is 41.3 Å². The van der Waals surface area contributed by atoms with Gasteiger partial charge in [-0.1, -0.05) is 18.2 Å². The predicted molar refractivity (Wildman–Crippen MR) is 79.3 cm³/mol. The maximum atomic E-state index is 12.4. The van der Waals surface area contributed by atoms with Gasteiger partial charge in [0.2, 0.25) is 5.91 Å². The van der Waals surface area contributed by atoms with Gasteiger partial charge in [0.25, 0.3) is 0 Å². The predicted octanol–water partition coefficient (Wildman–Crippen LogP) is 0.915. The van der Waals surface area contributed by atoms with Crippen molar-refractivity contribution in [2.24, 2.45) is 0 Å². The Balaban J connectivity index is 1.69. The molecule has 2 aromatic rings. The van der Waals surface area contributed by atoms with Gasteiger partial charge < -0.3 is 9.64 Å². The van der Waals surface area contributed by atoms with E-state index in [1.54, 1.807) is 7.11 Å². The van der Waals surface area contributed by atoms with E-state index in [0.717, 1.165) is 37.1 Å². The molecule has 116 valence electrons. The van der Waals surface area contributed by atoms with Crippen molar-refractivity contribution in [3.63, 3.8) is 0 Å². The summed E-state index contributed by atoms with van der Waals surface area (Å²) in [5.74, 6) is 0.937. The van der Waals surface area contributed by atoms with E-state index in [0.29, 0.717) is 0 Å². The quantitative estimate of drug-likeness (QED) is 0.821. The minimum absolute atomic E-state index is 0.0599. The van der Waals surface area contributed by atoms with Crippen LogP contribution < -0.4 is 4.74 Å². The molecule has 1 aromatic heterocycles. The van der Waals surface area contributed by atoms with E-state index >= 15 is 0 Å². The van der Waals surface area contributed by atoms with Gasteiger partial charge in [0.05, 0.1) is 7.11 Å². The van der Waals surface area contributed by atoms with Crippen molar-refractivity contribution in [1.29, 1.82) is 0 Å². The summed E-state index contributed by atoms with van der Waals surface area (Å²) in [5, 5.41) is 10.9. The second kappa shape index (κ2) is 6.55. The molecule has 0 N–H and O–H groups in total. The number of nitrogens with zero attached hydrogens (tertiary/aromatic N) is 5. The summed E-state index contributed by atoms with van der Waals surface area (Å²) in [6.07, 6.45) is 4.31. The van der Waals surface area contributed by atoms with Gasteiger partial charge in [0.1, 0.15) is 18.6 Å². The first-order chi connectivity index (χ1) is 10.8. The molecule has 1 amide bonds. The lowest BCUT2D eigenvalue weighted by molar-refractivity contribution is -0.132. The molecule has 7 nitrogen and oxygen atoms in total. The van der Waals surface area contributed by atoms with Gasteiger partial charge in [-0.2, -0.15) is 0 Å². The zero-order valence-corrected chi connectivity index (χ0v) is 12.6. The highest BCUT2D eigenvalue weighted by Crippen LogP contribution is 2.26. The Labute approximate surface area is 128 Å². The van der Waals surface area contributed by atoms with Crippen LogP contribution in [-0.2, 0) is 17.8 Å². The summed E-state index contributed by atoms with van der Waals surface area (Å²) in [7, 11) is 1.67. The number of ether oxygens (including phenoxy) is 1. The van der Waals surface area contributed by atoms with Crippen LogP contribution in [0.25, 0.3) is 0 Å². The van der Waals surface area contributed by atoms with Crippen LogP contribution in [-0.4, -0.2) is 50.7 Å². The summed E-state index contributed by atoms with van der Waals surface area (Å²) in [6.45, 7) is 0.982. The Morgan fingerprint density at radius 1 is 1.41 bits per heavy atom. The molecule has 1 aliphatic rings. The van der Waals surface area contributed by atoms with Crippen LogP contribution in [0.3, 0.4) is 0 Å². The molecule has 1 aromatic carbocycles. The second-order valence-electron chi connectivity index (χ2n) is 5.41. The summed E-state index contributed by atoms with van der Waals surface area (Å²) in [4.78, 5) is 14.4. The van der Waals surface area contributed by atoms with Gasteiger partial charge in [-0.3, -0.25) is 4.79 Å². The maximum absolute atomic E-state index is 12.4. The number of likely N-dealkylation sites (tertiary alicyclic amines) is 1. The van der Waals surface area contributed by atoms with E-state index < -0.39 is 0 Å². The van der Waals surface area contributed by atoms with Crippen LogP contribution in [0.2, 0.25) is 0 Å². The van der Waals surface area contributed by atoms with E-state index in [-0.39, 0.29) is 18.5 Å². The molecule has 0 bridgehead atoms. The number of para-hydroxylation sites is 1. The number of hydrogen-bond acceptors (Lipinski definition) is 5. The number of aromatic nitrogens is 4. The average molecular weight is 301 g/mol. The molecule has 0 unspecified atom stereocenters. The first-order valence-electron chi connectivity index (χ1n) is 7.40. The van der Waals surface area contributed by atoms with Gasteiger partial charge in [-0.15, -0.1) is 5.10 Å². The molecule has 0 radical (unpaired) electrons. The first kappa shape index (κ1) is 14.5. The minimum atomic E-state index is 0.0599. The first-order valence-corrected chi connectivity index (χ1v) is 7.40. The topological polar surface area (TPSA) is 73.1 Å². The molecule has 3 rings (SSSR count). The smallest absolute Gasteiger partial charge is 0.244 e. The number of rotatable bonds is 5. The third-order valence-corrected chi connectivity index (χ3v) is 4.03. The van der Waals surface area contributed by atoms with Gasteiger partial charge in [0.15, 0.2) is 0 Å². The van der Waals surface area contributed by atoms with E-state index in [1.165, 1.54) is 11.0 Å². The van der Waals surface area contributed by atoms with Crippen LogP contribution in [0, 0.1) is 0 Å². The molecular weight excluding hydrogens is 282 g/mol. The molecule has 7 heteroatoms. The third kappa shape index (κ3) is 3.08. The van der Waals surface area contributed by atoms with Crippen LogP contribution in [0.4, 0.5) is 0 Å². The summed E-state index contributed by atoms with van der Waals surface area (Å²) >= 11 is 0. The van der Waals surface area contributed by atoms with Crippen LogP contribution in [0.1, 0.15) is 18.4 Å². The largest absolute Gasteiger partial charge is 0.496 e. The number of benzene rings is 1. The number of hydrogen-bond donors (Lipinski definition) is 0. The molecule has 0 aliphatic carbocycles. The number of tetrazole rings is 1. The van der Waals surface area contributed by atoms with Crippen LogP contribution >= 0.6 is 0 Å². The highest BCUT2D eigenvalue weighted by Gasteiger charge is 2.29. The molecule has 2 heterocycles. The van der Waals surface area contributed by atoms with Crippen molar-refractivity contribution >= 4 is 5.91 Å². The summed E-state index contributed by atoms with van der Waals surface area (Å²) in [5.41, 5.74) is 1.14. The Bertz CT molecular complexity index is 629. The number of amides is 1. The van der Waals surface area contributed by atoms with E-state index in [1.807, 2.05) is 23.1 Å². The summed E-state index contributed by atoms with van der Waals surface area (Å²) < 4.78 is 6.86. The van der Waals surface area contributed by atoms with Crippen LogP contribution in [0.15, 0.2) is 30.6 Å². The fraction of sp³-hybridized carbons (Fsp3) is 0.467. The zero-order valence-electron chi connectivity index (χ0n) is 12.6. The average Bonchev–Trinajstić information content (AvgIpc) is 3.19. The molecule has 22 heavy (non-hydrogen) atoms. The van der Waals surface area contributed by atoms with Crippen molar-refractivity contribution in [2.75, 3.05) is 13.7 Å². The lowest BCUT2D eigenvalue weighted by atomic mass is 10.0. The summed E-state index contributed by atoms with van der Waals surface area (Å²) in [6, 6.07) is 8.18. The van der Waals surface area contributed by atoms with Gasteiger partial charge in [0, 0.05) is 12.6 Å².